The lowest BCUT2D eigenvalue weighted by Crippen LogP contribution is -2.30. The summed E-state index contributed by atoms with van der Waals surface area (Å²) in [6.07, 6.45) is 0.890. The number of rotatable bonds is 9. The summed E-state index contributed by atoms with van der Waals surface area (Å²) in [7, 11) is 1.64. The van der Waals surface area contributed by atoms with Crippen molar-refractivity contribution < 1.29 is 13.9 Å². The number of ether oxygens (including phenoxy) is 1. The van der Waals surface area contributed by atoms with Crippen molar-refractivity contribution in [3.05, 3.63) is 87.0 Å². The topological polar surface area (TPSA) is 64.7 Å². The predicted octanol–water partition coefficient (Wildman–Crippen LogP) is 4.67. The molecule has 1 amide bonds. The van der Waals surface area contributed by atoms with E-state index in [4.69, 9.17) is 9.15 Å². The molecule has 0 fully saturated rings. The van der Waals surface area contributed by atoms with E-state index in [1.54, 1.807) is 29.1 Å². The van der Waals surface area contributed by atoms with Crippen LogP contribution < -0.4 is 10.5 Å². The molecule has 0 N–H and O–H groups in total. The van der Waals surface area contributed by atoms with E-state index in [9.17, 15) is 9.59 Å². The Bertz CT molecular complexity index is 1210. The minimum absolute atomic E-state index is 0.0418. The van der Waals surface area contributed by atoms with Gasteiger partial charge in [-0.05, 0) is 36.1 Å². The summed E-state index contributed by atoms with van der Waals surface area (Å²) in [6.45, 7) is 1.45. The van der Waals surface area contributed by atoms with Crippen LogP contribution in [0, 0.1) is 0 Å². The Kier molecular flexibility index (Phi) is 6.52. The predicted molar refractivity (Wildman–Crippen MR) is 121 cm³/mol. The van der Waals surface area contributed by atoms with Gasteiger partial charge < -0.3 is 14.1 Å². The highest BCUT2D eigenvalue weighted by atomic mass is 32.1. The molecule has 0 aliphatic carbocycles. The molecule has 0 bridgehead atoms. The number of thiophene rings is 1. The number of fused-ring (bicyclic) bond motifs is 1. The van der Waals surface area contributed by atoms with Crippen molar-refractivity contribution in [2.75, 3.05) is 7.11 Å². The molecule has 0 spiro atoms. The molecule has 31 heavy (non-hydrogen) atoms. The highest BCUT2D eigenvalue weighted by Crippen LogP contribution is 2.22. The summed E-state index contributed by atoms with van der Waals surface area (Å²) >= 11 is 1.63. The minimum Gasteiger partial charge on any atom is -0.496 e. The Morgan fingerprint density at radius 1 is 1.06 bits per heavy atom. The van der Waals surface area contributed by atoms with E-state index in [0.717, 1.165) is 21.7 Å². The zero-order chi connectivity index (χ0) is 21.6. The summed E-state index contributed by atoms with van der Waals surface area (Å²) in [5.74, 6) is 0.418. The van der Waals surface area contributed by atoms with Gasteiger partial charge in [0.25, 0.3) is 0 Å². The van der Waals surface area contributed by atoms with Crippen molar-refractivity contribution in [2.45, 2.75) is 32.5 Å². The van der Waals surface area contributed by atoms with E-state index in [0.29, 0.717) is 38.1 Å². The molecular formula is C24H24N2O4S. The van der Waals surface area contributed by atoms with Crippen LogP contribution in [-0.4, -0.2) is 22.5 Å². The molecule has 0 aliphatic rings. The first-order valence-corrected chi connectivity index (χ1v) is 11.0. The zero-order valence-electron chi connectivity index (χ0n) is 17.3. The van der Waals surface area contributed by atoms with E-state index in [2.05, 4.69) is 0 Å². The largest absolute Gasteiger partial charge is 0.496 e. The molecule has 7 heteroatoms. The molecule has 2 aromatic heterocycles. The van der Waals surface area contributed by atoms with E-state index < -0.39 is 5.76 Å². The van der Waals surface area contributed by atoms with Crippen LogP contribution in [0.3, 0.4) is 0 Å². The van der Waals surface area contributed by atoms with Gasteiger partial charge in [-0.15, -0.1) is 11.3 Å². The molecule has 0 aliphatic heterocycles. The number of aromatic nitrogens is 1. The monoisotopic (exact) mass is 436 g/mol. The molecule has 2 aromatic carbocycles. The van der Waals surface area contributed by atoms with Crippen LogP contribution in [0.5, 0.6) is 5.75 Å². The van der Waals surface area contributed by atoms with Gasteiger partial charge in [-0.1, -0.05) is 36.4 Å². The molecule has 2 heterocycles. The lowest BCUT2D eigenvalue weighted by Gasteiger charge is -2.23. The number of hydrogen-bond acceptors (Lipinski definition) is 5. The van der Waals surface area contributed by atoms with Crippen molar-refractivity contribution in [1.29, 1.82) is 0 Å². The fourth-order valence-corrected chi connectivity index (χ4v) is 4.35. The number of carbonyl (C=O) groups is 1. The van der Waals surface area contributed by atoms with Crippen LogP contribution >= 0.6 is 11.3 Å². The fraction of sp³-hybridized carbons (Fsp3) is 0.250. The third-order valence-corrected chi connectivity index (χ3v) is 6.04. The van der Waals surface area contributed by atoms with Gasteiger partial charge in [0, 0.05) is 30.0 Å². The average Bonchev–Trinajstić information content (AvgIpc) is 3.41. The number of carbonyl (C=O) groups excluding carboxylic acids is 1. The first-order chi connectivity index (χ1) is 15.2. The van der Waals surface area contributed by atoms with Gasteiger partial charge in [-0.25, -0.2) is 4.79 Å². The smallest absolute Gasteiger partial charge is 0.419 e. The SMILES string of the molecule is COc1ccccc1CN(Cc1cccs1)C(=O)CCCn1c(=O)oc2ccccc21. The third-order valence-electron chi connectivity index (χ3n) is 5.18. The molecule has 0 atom stereocenters. The number of nitrogens with zero attached hydrogens (tertiary/aromatic N) is 2. The highest BCUT2D eigenvalue weighted by molar-refractivity contribution is 7.09. The minimum atomic E-state index is -0.391. The fourth-order valence-electron chi connectivity index (χ4n) is 3.63. The summed E-state index contributed by atoms with van der Waals surface area (Å²) in [5.41, 5.74) is 2.28. The van der Waals surface area contributed by atoms with Crippen LogP contribution in [0.15, 0.2) is 75.3 Å². The second-order valence-electron chi connectivity index (χ2n) is 7.23. The maximum atomic E-state index is 13.1. The summed E-state index contributed by atoms with van der Waals surface area (Å²) < 4.78 is 12.3. The summed E-state index contributed by atoms with van der Waals surface area (Å²) in [6, 6.07) is 19.1. The number of hydrogen-bond donors (Lipinski definition) is 0. The van der Waals surface area contributed by atoms with Gasteiger partial charge in [0.1, 0.15) is 5.75 Å². The van der Waals surface area contributed by atoms with Crippen LogP contribution in [0.4, 0.5) is 0 Å². The quantitative estimate of drug-likeness (QED) is 0.382. The average molecular weight is 437 g/mol. The van der Waals surface area contributed by atoms with E-state index in [-0.39, 0.29) is 5.91 Å². The molecule has 0 radical (unpaired) electrons. The van der Waals surface area contributed by atoms with Crippen molar-refractivity contribution >= 4 is 28.3 Å². The van der Waals surface area contributed by atoms with Crippen LogP contribution in [-0.2, 0) is 24.4 Å². The zero-order valence-corrected chi connectivity index (χ0v) is 18.1. The van der Waals surface area contributed by atoms with E-state index in [1.165, 1.54) is 0 Å². The van der Waals surface area contributed by atoms with Crippen LogP contribution in [0.2, 0.25) is 0 Å². The normalized spacial score (nSPS) is 11.0. The van der Waals surface area contributed by atoms with Crippen LogP contribution in [0.25, 0.3) is 11.1 Å². The Morgan fingerprint density at radius 2 is 1.87 bits per heavy atom. The van der Waals surface area contributed by atoms with Gasteiger partial charge in [-0.3, -0.25) is 9.36 Å². The molecule has 4 rings (SSSR count). The number of amides is 1. The molecular weight excluding hydrogens is 412 g/mol. The van der Waals surface area contributed by atoms with Gasteiger partial charge in [0.2, 0.25) is 5.91 Å². The van der Waals surface area contributed by atoms with Crippen molar-refractivity contribution in [1.82, 2.24) is 9.47 Å². The maximum Gasteiger partial charge on any atom is 0.419 e. The van der Waals surface area contributed by atoms with Gasteiger partial charge >= 0.3 is 5.76 Å². The molecule has 4 aromatic rings. The molecule has 160 valence electrons. The summed E-state index contributed by atoms with van der Waals surface area (Å²) in [4.78, 5) is 28.3. The van der Waals surface area contributed by atoms with Gasteiger partial charge in [0.15, 0.2) is 5.58 Å². The Hall–Kier alpha value is -3.32. The lowest BCUT2D eigenvalue weighted by atomic mass is 10.1. The Labute approximate surface area is 184 Å². The van der Waals surface area contributed by atoms with E-state index in [1.807, 2.05) is 64.9 Å². The second-order valence-corrected chi connectivity index (χ2v) is 8.26. The molecule has 0 saturated carbocycles. The molecule has 0 unspecified atom stereocenters. The summed E-state index contributed by atoms with van der Waals surface area (Å²) in [5, 5.41) is 2.01. The number of para-hydroxylation sites is 3. The number of aryl methyl sites for hydroxylation is 1. The lowest BCUT2D eigenvalue weighted by molar-refractivity contribution is -0.132. The van der Waals surface area contributed by atoms with Gasteiger partial charge in [0.05, 0.1) is 19.2 Å². The highest BCUT2D eigenvalue weighted by Gasteiger charge is 2.17. The van der Waals surface area contributed by atoms with Crippen molar-refractivity contribution in [2.24, 2.45) is 0 Å². The molecule has 6 nitrogen and oxygen atoms in total. The Morgan fingerprint density at radius 3 is 2.68 bits per heavy atom. The number of benzene rings is 2. The van der Waals surface area contributed by atoms with Gasteiger partial charge in [-0.2, -0.15) is 0 Å². The standard InChI is InChI=1S/C24H24N2O4S/c1-29-21-11-4-2-8-18(21)16-25(17-19-9-7-15-31-19)23(27)13-6-14-26-20-10-3-5-12-22(20)30-24(26)28/h2-5,7-12,15H,6,13-14,16-17H2,1H3. The number of methoxy groups -OCH3 is 1. The van der Waals surface area contributed by atoms with Crippen molar-refractivity contribution in [3.8, 4) is 5.75 Å². The first-order valence-electron chi connectivity index (χ1n) is 10.2. The number of oxazole rings is 1. The van der Waals surface area contributed by atoms with Crippen LogP contribution in [0.1, 0.15) is 23.3 Å². The second kappa shape index (κ2) is 9.66. The Balaban J connectivity index is 1.46. The maximum absolute atomic E-state index is 13.1. The van der Waals surface area contributed by atoms with Crippen molar-refractivity contribution in [3.63, 3.8) is 0 Å². The van der Waals surface area contributed by atoms with E-state index >= 15 is 0 Å². The molecule has 0 saturated heterocycles. The first kappa shape index (κ1) is 20.9. The third kappa shape index (κ3) is 4.88.